The average molecular weight is 358 g/mol. The molecule has 5 nitrogen and oxygen atoms in total. The summed E-state index contributed by atoms with van der Waals surface area (Å²) in [7, 11) is 1.65. The maximum absolute atomic E-state index is 13.0. The van der Waals surface area contributed by atoms with Gasteiger partial charge in [-0.2, -0.15) is 0 Å². The lowest BCUT2D eigenvalue weighted by molar-refractivity contribution is -0.0754. The zero-order chi connectivity index (χ0) is 17.2. The van der Waals surface area contributed by atoms with Crippen molar-refractivity contribution >= 4 is 17.2 Å². The molecule has 0 spiro atoms. The van der Waals surface area contributed by atoms with E-state index in [0.717, 1.165) is 29.2 Å². The number of nitrogens with zero attached hydrogens (tertiary/aromatic N) is 2. The highest BCUT2D eigenvalue weighted by Crippen LogP contribution is 2.31. The molecule has 1 saturated heterocycles. The predicted molar refractivity (Wildman–Crippen MR) is 97.1 cm³/mol. The first-order chi connectivity index (χ1) is 12.3. The molecule has 1 aromatic heterocycles. The van der Waals surface area contributed by atoms with Crippen LogP contribution in [0.1, 0.15) is 36.2 Å². The minimum absolute atomic E-state index is 0.0382. The second kappa shape index (κ2) is 7.14. The Morgan fingerprint density at radius 2 is 2.08 bits per heavy atom. The van der Waals surface area contributed by atoms with E-state index >= 15 is 0 Å². The Morgan fingerprint density at radius 3 is 2.88 bits per heavy atom. The minimum Gasteiger partial charge on any atom is -0.497 e. The van der Waals surface area contributed by atoms with Crippen LogP contribution in [0.3, 0.4) is 0 Å². The van der Waals surface area contributed by atoms with Gasteiger partial charge in [-0.25, -0.2) is 4.98 Å². The van der Waals surface area contributed by atoms with Gasteiger partial charge in [-0.05, 0) is 37.1 Å². The molecule has 6 heteroatoms. The summed E-state index contributed by atoms with van der Waals surface area (Å²) in [5, 5.41) is 2.73. The average Bonchev–Trinajstić information content (AvgIpc) is 3.17. The number of amides is 1. The van der Waals surface area contributed by atoms with E-state index in [4.69, 9.17) is 9.47 Å². The van der Waals surface area contributed by atoms with Crippen molar-refractivity contribution in [1.29, 1.82) is 0 Å². The molecule has 0 bridgehead atoms. The Balaban J connectivity index is 1.53. The van der Waals surface area contributed by atoms with Gasteiger partial charge in [0.25, 0.3) is 5.91 Å². The lowest BCUT2D eigenvalue weighted by atomic mass is 9.90. The van der Waals surface area contributed by atoms with Crippen LogP contribution < -0.4 is 4.74 Å². The molecule has 132 valence electrons. The maximum atomic E-state index is 13.0. The summed E-state index contributed by atoms with van der Waals surface area (Å²) < 4.78 is 11.1. The molecule has 2 heterocycles. The molecular weight excluding hydrogens is 336 g/mol. The summed E-state index contributed by atoms with van der Waals surface area (Å²) >= 11 is 1.51. The van der Waals surface area contributed by atoms with Crippen molar-refractivity contribution in [2.45, 2.75) is 37.8 Å². The molecule has 2 fully saturated rings. The van der Waals surface area contributed by atoms with E-state index in [-0.39, 0.29) is 18.1 Å². The molecule has 1 aliphatic carbocycles. The highest BCUT2D eigenvalue weighted by Gasteiger charge is 2.37. The predicted octanol–water partition coefficient (Wildman–Crippen LogP) is 3.60. The molecule has 2 aromatic rings. The number of fused-ring (bicyclic) bond motifs is 1. The van der Waals surface area contributed by atoms with Crippen molar-refractivity contribution in [3.8, 4) is 16.3 Å². The van der Waals surface area contributed by atoms with Gasteiger partial charge in [-0.1, -0.05) is 12.8 Å². The summed E-state index contributed by atoms with van der Waals surface area (Å²) in [6, 6.07) is 7.97. The summed E-state index contributed by atoms with van der Waals surface area (Å²) in [6.45, 7) is 1.29. The van der Waals surface area contributed by atoms with Crippen LogP contribution >= 0.6 is 11.3 Å². The van der Waals surface area contributed by atoms with Crippen LogP contribution in [0.4, 0.5) is 0 Å². The van der Waals surface area contributed by atoms with Crippen LogP contribution in [0.2, 0.25) is 0 Å². The number of hydrogen-bond acceptors (Lipinski definition) is 5. The minimum atomic E-state index is 0.0382. The Morgan fingerprint density at radius 1 is 1.28 bits per heavy atom. The zero-order valence-corrected chi connectivity index (χ0v) is 15.1. The van der Waals surface area contributed by atoms with Gasteiger partial charge in [0.2, 0.25) is 0 Å². The Bertz CT molecular complexity index is 741. The van der Waals surface area contributed by atoms with Gasteiger partial charge in [0.15, 0.2) is 0 Å². The van der Waals surface area contributed by atoms with E-state index in [9.17, 15) is 4.79 Å². The van der Waals surface area contributed by atoms with Crippen molar-refractivity contribution in [2.75, 3.05) is 20.3 Å². The van der Waals surface area contributed by atoms with Gasteiger partial charge in [-0.3, -0.25) is 4.79 Å². The van der Waals surface area contributed by atoms with Crippen LogP contribution in [-0.2, 0) is 4.74 Å². The van der Waals surface area contributed by atoms with Crippen LogP contribution in [0.25, 0.3) is 10.6 Å². The smallest absolute Gasteiger partial charge is 0.273 e. The van der Waals surface area contributed by atoms with Crippen LogP contribution in [0.5, 0.6) is 5.75 Å². The summed E-state index contributed by atoms with van der Waals surface area (Å²) in [5.41, 5.74) is 1.55. The highest BCUT2D eigenvalue weighted by atomic mass is 32.1. The molecule has 1 amide bonds. The lowest BCUT2D eigenvalue weighted by Gasteiger charge is -2.43. The second-order valence-electron chi connectivity index (χ2n) is 6.53. The van der Waals surface area contributed by atoms with Gasteiger partial charge in [-0.15, -0.1) is 11.3 Å². The number of morpholine rings is 1. The highest BCUT2D eigenvalue weighted by molar-refractivity contribution is 7.13. The number of benzene rings is 1. The monoisotopic (exact) mass is 358 g/mol. The fourth-order valence-corrected chi connectivity index (χ4v) is 4.53. The molecule has 4 rings (SSSR count). The molecular formula is C19H22N2O3S. The molecule has 0 radical (unpaired) electrons. The Labute approximate surface area is 151 Å². The number of carbonyl (C=O) groups excluding carboxylic acids is 1. The number of rotatable bonds is 3. The first-order valence-electron chi connectivity index (χ1n) is 8.79. The number of thiazole rings is 1. The number of hydrogen-bond donors (Lipinski definition) is 0. The number of aromatic nitrogens is 1. The topological polar surface area (TPSA) is 51.7 Å². The van der Waals surface area contributed by atoms with Crippen molar-refractivity contribution in [3.63, 3.8) is 0 Å². The normalized spacial score (nSPS) is 23.2. The lowest BCUT2D eigenvalue weighted by Crippen LogP contribution is -2.54. The molecule has 1 aliphatic heterocycles. The third-order valence-corrected chi connectivity index (χ3v) is 5.94. The summed E-state index contributed by atoms with van der Waals surface area (Å²) in [6.07, 6.45) is 4.66. The molecule has 0 N–H and O–H groups in total. The third-order valence-electron chi connectivity index (χ3n) is 5.05. The molecule has 25 heavy (non-hydrogen) atoms. The van der Waals surface area contributed by atoms with Gasteiger partial charge < -0.3 is 14.4 Å². The number of carbonyl (C=O) groups is 1. The first kappa shape index (κ1) is 16.5. The van der Waals surface area contributed by atoms with Gasteiger partial charge in [0, 0.05) is 17.5 Å². The van der Waals surface area contributed by atoms with E-state index in [1.165, 1.54) is 24.2 Å². The van der Waals surface area contributed by atoms with E-state index < -0.39 is 0 Å². The second-order valence-corrected chi connectivity index (χ2v) is 7.38. The van der Waals surface area contributed by atoms with E-state index in [2.05, 4.69) is 4.98 Å². The summed E-state index contributed by atoms with van der Waals surface area (Å²) in [4.78, 5) is 19.6. The van der Waals surface area contributed by atoms with Crippen molar-refractivity contribution in [3.05, 3.63) is 35.3 Å². The Kier molecular flexibility index (Phi) is 4.72. The van der Waals surface area contributed by atoms with Gasteiger partial charge >= 0.3 is 0 Å². The largest absolute Gasteiger partial charge is 0.497 e. The Hall–Kier alpha value is -1.92. The summed E-state index contributed by atoms with van der Waals surface area (Å²) in [5.74, 6) is 0.851. The van der Waals surface area contributed by atoms with Crippen LogP contribution in [-0.4, -0.2) is 48.2 Å². The van der Waals surface area contributed by atoms with Crippen molar-refractivity contribution < 1.29 is 14.3 Å². The number of ether oxygens (including phenoxy) is 2. The molecule has 2 aliphatic rings. The molecule has 2 unspecified atom stereocenters. The molecule has 1 aromatic carbocycles. The van der Waals surface area contributed by atoms with E-state index in [1.54, 1.807) is 7.11 Å². The quantitative estimate of drug-likeness (QED) is 0.841. The van der Waals surface area contributed by atoms with Crippen molar-refractivity contribution in [2.24, 2.45) is 0 Å². The fraction of sp³-hybridized carbons (Fsp3) is 0.474. The first-order valence-corrected chi connectivity index (χ1v) is 9.67. The van der Waals surface area contributed by atoms with Crippen LogP contribution in [0, 0.1) is 0 Å². The van der Waals surface area contributed by atoms with E-state index in [0.29, 0.717) is 18.8 Å². The van der Waals surface area contributed by atoms with Crippen LogP contribution in [0.15, 0.2) is 29.6 Å². The fourth-order valence-electron chi connectivity index (χ4n) is 3.73. The SMILES string of the molecule is COc1ccc(-c2nc(C(=O)N3CCOC4CCCCC43)cs2)cc1. The van der Waals surface area contributed by atoms with Gasteiger partial charge in [0.05, 0.1) is 25.9 Å². The van der Waals surface area contributed by atoms with Gasteiger partial charge in [0.1, 0.15) is 16.5 Å². The molecule has 2 atom stereocenters. The number of methoxy groups -OCH3 is 1. The standard InChI is InChI=1S/C19H22N2O3S/c1-23-14-8-6-13(7-9-14)18-20-15(12-25-18)19(22)21-10-11-24-17-5-3-2-4-16(17)21/h6-9,12,16-17H,2-5,10-11H2,1H3. The van der Waals surface area contributed by atoms with E-state index in [1.807, 2.05) is 34.5 Å². The maximum Gasteiger partial charge on any atom is 0.273 e. The third kappa shape index (κ3) is 3.28. The zero-order valence-electron chi connectivity index (χ0n) is 14.3. The molecule has 1 saturated carbocycles. The van der Waals surface area contributed by atoms with Crippen molar-refractivity contribution in [1.82, 2.24) is 9.88 Å².